The van der Waals surface area contributed by atoms with Crippen molar-refractivity contribution in [2.24, 2.45) is 0 Å². The van der Waals surface area contributed by atoms with E-state index in [1.165, 1.54) is 0 Å². The Bertz CT molecular complexity index is 625. The molecule has 2 rings (SSSR count). The van der Waals surface area contributed by atoms with Gasteiger partial charge in [-0.2, -0.15) is 13.8 Å². The number of aliphatic hydroxyl groups is 2. The summed E-state index contributed by atoms with van der Waals surface area (Å²) in [5.41, 5.74) is 4.20. The summed E-state index contributed by atoms with van der Waals surface area (Å²) in [6, 6.07) is 0. The van der Waals surface area contributed by atoms with Crippen molar-refractivity contribution >= 4 is 5.82 Å². The summed E-state index contributed by atoms with van der Waals surface area (Å²) in [6.45, 7) is -0.827. The molecular weight excluding hydrogens is 276 g/mol. The summed E-state index contributed by atoms with van der Waals surface area (Å²) in [6.07, 6.45) is 0.116. The van der Waals surface area contributed by atoms with E-state index in [0.717, 1.165) is 6.20 Å². The van der Waals surface area contributed by atoms with Crippen LogP contribution in [0.1, 0.15) is 11.8 Å². The Morgan fingerprint density at radius 2 is 2.30 bits per heavy atom. The molecule has 0 bridgehead atoms. The lowest BCUT2D eigenvalue weighted by molar-refractivity contribution is -0.141. The molecule has 0 aromatic carbocycles. The van der Waals surface area contributed by atoms with Crippen molar-refractivity contribution in [2.75, 3.05) is 12.3 Å². The second kappa shape index (κ2) is 4.82. The third kappa shape index (κ3) is 2.03. The maximum Gasteiger partial charge on any atom is 0.351 e. The first-order valence-electron chi connectivity index (χ1n) is 5.50. The first-order chi connectivity index (χ1) is 9.32. The van der Waals surface area contributed by atoms with Crippen molar-refractivity contribution in [1.82, 2.24) is 9.55 Å². The van der Waals surface area contributed by atoms with Crippen LogP contribution in [-0.2, 0) is 4.74 Å². The van der Waals surface area contributed by atoms with E-state index in [0.29, 0.717) is 4.57 Å². The van der Waals surface area contributed by atoms with Gasteiger partial charge < -0.3 is 20.7 Å². The fourth-order valence-corrected chi connectivity index (χ4v) is 1.88. The van der Waals surface area contributed by atoms with Gasteiger partial charge in [-0.25, -0.2) is 4.79 Å². The number of anilines is 1. The van der Waals surface area contributed by atoms with Gasteiger partial charge in [0, 0.05) is 6.20 Å². The predicted octanol–water partition coefficient (Wildman–Crippen LogP) is -1.31. The molecule has 1 aliphatic rings. The number of rotatable bonds is 2. The van der Waals surface area contributed by atoms with Gasteiger partial charge in [0.2, 0.25) is 6.23 Å². The molecule has 9 heteroatoms. The molecule has 1 aromatic rings. The van der Waals surface area contributed by atoms with Crippen LogP contribution < -0.4 is 11.4 Å². The molecule has 0 aliphatic carbocycles. The quantitative estimate of drug-likeness (QED) is 0.583. The molecule has 0 spiro atoms. The third-order valence-electron chi connectivity index (χ3n) is 2.95. The van der Waals surface area contributed by atoms with E-state index in [2.05, 4.69) is 10.9 Å². The smallest absolute Gasteiger partial charge is 0.351 e. The molecule has 0 saturated carbocycles. The van der Waals surface area contributed by atoms with Gasteiger partial charge in [-0.1, -0.05) is 5.92 Å². The van der Waals surface area contributed by atoms with Crippen LogP contribution in [0.25, 0.3) is 0 Å². The molecule has 0 amide bonds. The number of ether oxygens (including phenoxy) is 1. The highest BCUT2D eigenvalue weighted by Crippen LogP contribution is 2.42. The Hall–Kier alpha value is -2.02. The molecule has 20 heavy (non-hydrogen) atoms. The van der Waals surface area contributed by atoms with Crippen LogP contribution in [0.3, 0.4) is 0 Å². The molecule has 1 saturated heterocycles. The second-order valence-electron chi connectivity index (χ2n) is 4.20. The maximum atomic E-state index is 13.9. The summed E-state index contributed by atoms with van der Waals surface area (Å²) in [4.78, 5) is 14.9. The van der Waals surface area contributed by atoms with Gasteiger partial charge in [0.1, 0.15) is 11.9 Å². The lowest BCUT2D eigenvalue weighted by atomic mass is 10.1. The van der Waals surface area contributed by atoms with Crippen LogP contribution in [0.4, 0.5) is 14.6 Å². The minimum absolute atomic E-state index is 0.0639. The Balaban J connectivity index is 2.52. The summed E-state index contributed by atoms with van der Waals surface area (Å²) in [7, 11) is 0. The monoisotopic (exact) mass is 287 g/mol. The highest BCUT2D eigenvalue weighted by atomic mass is 19.3. The van der Waals surface area contributed by atoms with E-state index in [-0.39, 0.29) is 11.4 Å². The number of nitrogen functional groups attached to an aromatic ring is 1. The van der Waals surface area contributed by atoms with Crippen LogP contribution in [0.15, 0.2) is 11.0 Å². The lowest BCUT2D eigenvalue weighted by Crippen LogP contribution is -2.42. The highest BCUT2D eigenvalue weighted by molar-refractivity contribution is 5.47. The van der Waals surface area contributed by atoms with Crippen LogP contribution in [0, 0.1) is 12.3 Å². The first kappa shape index (κ1) is 14.4. The zero-order valence-corrected chi connectivity index (χ0v) is 10.0. The zero-order valence-electron chi connectivity index (χ0n) is 10.0. The van der Waals surface area contributed by atoms with Gasteiger partial charge in [-0.15, -0.1) is 6.42 Å². The predicted molar refractivity (Wildman–Crippen MR) is 62.8 cm³/mol. The number of aromatic nitrogens is 2. The number of terminal acetylenes is 1. The molecule has 3 unspecified atom stereocenters. The number of aliphatic hydroxyl groups excluding tert-OH is 2. The zero-order chi connectivity index (χ0) is 15.1. The number of nitrogens with zero attached hydrogens (tertiary/aromatic N) is 2. The summed E-state index contributed by atoms with van der Waals surface area (Å²) >= 11 is 0. The molecule has 0 radical (unpaired) electrons. The lowest BCUT2D eigenvalue weighted by Gasteiger charge is -2.21. The standard InChI is InChI=1S/C11H11F2N3O4/c1-2-5-3-16(10(19)15-8(5)14)9-11(12,13)7(18)6(4-17)20-9/h1,3,6-7,9,17-18H,4H2,(H2,14,15,19). The highest BCUT2D eigenvalue weighted by Gasteiger charge is 2.59. The Morgan fingerprint density at radius 1 is 1.65 bits per heavy atom. The Morgan fingerprint density at radius 3 is 2.80 bits per heavy atom. The van der Waals surface area contributed by atoms with Gasteiger partial charge in [0.05, 0.1) is 12.2 Å². The van der Waals surface area contributed by atoms with Gasteiger partial charge in [-0.05, 0) is 0 Å². The van der Waals surface area contributed by atoms with Crippen molar-refractivity contribution in [2.45, 2.75) is 24.4 Å². The molecule has 4 N–H and O–H groups in total. The van der Waals surface area contributed by atoms with E-state index in [1.807, 2.05) is 0 Å². The molecule has 1 aromatic heterocycles. The maximum absolute atomic E-state index is 13.9. The molecule has 108 valence electrons. The Labute approximate surface area is 111 Å². The normalized spacial score (nSPS) is 28.2. The first-order valence-corrected chi connectivity index (χ1v) is 5.50. The average Bonchev–Trinajstić information content (AvgIpc) is 2.62. The Kier molecular flexibility index (Phi) is 3.47. The van der Waals surface area contributed by atoms with Crippen molar-refractivity contribution in [1.29, 1.82) is 0 Å². The average molecular weight is 287 g/mol. The molecule has 7 nitrogen and oxygen atoms in total. The summed E-state index contributed by atoms with van der Waals surface area (Å²) in [5, 5.41) is 18.3. The van der Waals surface area contributed by atoms with Crippen LogP contribution in [0.5, 0.6) is 0 Å². The fraction of sp³-hybridized carbons (Fsp3) is 0.455. The van der Waals surface area contributed by atoms with Crippen molar-refractivity contribution in [3.05, 3.63) is 22.2 Å². The fourth-order valence-electron chi connectivity index (χ4n) is 1.88. The SMILES string of the molecule is C#Cc1cn(C2OC(CO)C(O)C2(F)F)c(=O)nc1N. The molecule has 2 heterocycles. The summed E-state index contributed by atoms with van der Waals surface area (Å²) in [5.74, 6) is -1.97. The van der Waals surface area contributed by atoms with Crippen molar-refractivity contribution < 1.29 is 23.7 Å². The van der Waals surface area contributed by atoms with Crippen molar-refractivity contribution in [3.63, 3.8) is 0 Å². The van der Waals surface area contributed by atoms with Crippen LogP contribution >= 0.6 is 0 Å². The topological polar surface area (TPSA) is 111 Å². The van der Waals surface area contributed by atoms with E-state index in [4.69, 9.17) is 22.0 Å². The van der Waals surface area contributed by atoms with Crippen LogP contribution in [-0.4, -0.2) is 44.5 Å². The molecule has 3 atom stereocenters. The largest absolute Gasteiger partial charge is 0.394 e. The number of halogens is 2. The minimum Gasteiger partial charge on any atom is -0.394 e. The van der Waals surface area contributed by atoms with Crippen molar-refractivity contribution in [3.8, 4) is 12.3 Å². The van der Waals surface area contributed by atoms with E-state index >= 15 is 0 Å². The number of nitrogens with two attached hydrogens (primary N) is 1. The second-order valence-corrected chi connectivity index (χ2v) is 4.20. The van der Waals surface area contributed by atoms with Crippen LogP contribution in [0.2, 0.25) is 0 Å². The number of hydrogen-bond acceptors (Lipinski definition) is 6. The number of alkyl halides is 2. The molecule has 1 aliphatic heterocycles. The van der Waals surface area contributed by atoms with E-state index in [1.54, 1.807) is 0 Å². The summed E-state index contributed by atoms with van der Waals surface area (Å²) < 4.78 is 33.0. The van der Waals surface area contributed by atoms with E-state index < -0.39 is 36.7 Å². The molecular formula is C11H11F2N3O4. The van der Waals surface area contributed by atoms with Gasteiger partial charge in [0.25, 0.3) is 0 Å². The number of hydrogen-bond donors (Lipinski definition) is 3. The van der Waals surface area contributed by atoms with E-state index in [9.17, 15) is 18.7 Å². The van der Waals surface area contributed by atoms with Gasteiger partial charge in [-0.3, -0.25) is 4.57 Å². The molecule has 1 fully saturated rings. The van der Waals surface area contributed by atoms with Gasteiger partial charge >= 0.3 is 11.6 Å². The van der Waals surface area contributed by atoms with Gasteiger partial charge in [0.15, 0.2) is 6.10 Å². The minimum atomic E-state index is -3.79. The third-order valence-corrected chi connectivity index (χ3v) is 2.95.